The molecule has 3 aromatic rings. The van der Waals surface area contributed by atoms with Gasteiger partial charge in [-0.25, -0.2) is 17.2 Å². The third-order valence-corrected chi connectivity index (χ3v) is 8.53. The molecule has 1 N–H and O–H groups in total. The molecule has 12 heteroatoms. The largest absolute Gasteiger partial charge is 0.296 e. The number of hydrogen-bond donors (Lipinski definition) is 1. The lowest BCUT2D eigenvalue weighted by molar-refractivity contribution is 0.102. The van der Waals surface area contributed by atoms with Crippen molar-refractivity contribution in [1.82, 2.24) is 14.5 Å². The summed E-state index contributed by atoms with van der Waals surface area (Å²) in [6.45, 7) is 3.66. The van der Waals surface area contributed by atoms with Crippen LogP contribution in [0.1, 0.15) is 29.8 Å². The Kier molecular flexibility index (Phi) is 7.93. The summed E-state index contributed by atoms with van der Waals surface area (Å²) in [5.74, 6) is -1.32. The van der Waals surface area contributed by atoms with Crippen molar-refractivity contribution in [2.75, 3.05) is 18.4 Å². The van der Waals surface area contributed by atoms with Crippen LogP contribution < -0.4 is 5.32 Å². The summed E-state index contributed by atoms with van der Waals surface area (Å²) in [5.41, 5.74) is 0.887. The quantitative estimate of drug-likeness (QED) is 0.348. The van der Waals surface area contributed by atoms with E-state index in [9.17, 15) is 22.0 Å². The molecule has 0 aliphatic heterocycles. The van der Waals surface area contributed by atoms with E-state index in [2.05, 4.69) is 15.5 Å². The molecule has 0 saturated heterocycles. The summed E-state index contributed by atoms with van der Waals surface area (Å²) in [4.78, 5) is 12.0. The Hall–Kier alpha value is -2.41. The Morgan fingerprint density at radius 1 is 1.09 bits per heavy atom. The van der Waals surface area contributed by atoms with Crippen LogP contribution in [0, 0.1) is 11.6 Å². The fraction of sp³-hybridized carbons (Fsp3) is 0.250. The average Bonchev–Trinajstić information content (AvgIpc) is 3.21. The molecule has 0 spiro atoms. The number of anilines is 1. The van der Waals surface area contributed by atoms with Crippen LogP contribution in [0.25, 0.3) is 0 Å². The van der Waals surface area contributed by atoms with Gasteiger partial charge in [0.1, 0.15) is 16.5 Å². The molecule has 1 amide bonds. The van der Waals surface area contributed by atoms with Crippen molar-refractivity contribution in [2.45, 2.75) is 28.8 Å². The van der Waals surface area contributed by atoms with Crippen LogP contribution >= 0.6 is 23.1 Å². The SMILES string of the molecule is CCN(CC)S(=O)(=O)c1cc(C(=O)Nc2nnc(SCc3ccc(F)cc3)s2)ccc1F. The maximum absolute atomic E-state index is 14.3. The second kappa shape index (κ2) is 10.5. The van der Waals surface area contributed by atoms with Crippen molar-refractivity contribution in [3.63, 3.8) is 0 Å². The lowest BCUT2D eigenvalue weighted by atomic mass is 10.2. The summed E-state index contributed by atoms with van der Waals surface area (Å²) in [6, 6.07) is 9.27. The maximum atomic E-state index is 14.3. The minimum Gasteiger partial charge on any atom is -0.296 e. The van der Waals surface area contributed by atoms with Gasteiger partial charge in [0.15, 0.2) is 4.34 Å². The van der Waals surface area contributed by atoms with Gasteiger partial charge in [-0.2, -0.15) is 4.31 Å². The van der Waals surface area contributed by atoms with Gasteiger partial charge >= 0.3 is 0 Å². The molecule has 3 rings (SSSR count). The highest BCUT2D eigenvalue weighted by Crippen LogP contribution is 2.29. The number of nitrogens with one attached hydrogen (secondary N) is 1. The Balaban J connectivity index is 1.70. The van der Waals surface area contributed by atoms with Gasteiger partial charge in [-0.15, -0.1) is 10.2 Å². The normalized spacial score (nSPS) is 11.7. The molecule has 32 heavy (non-hydrogen) atoms. The van der Waals surface area contributed by atoms with Crippen molar-refractivity contribution >= 4 is 44.2 Å². The van der Waals surface area contributed by atoms with E-state index < -0.39 is 26.6 Å². The third-order valence-electron chi connectivity index (χ3n) is 4.42. The van der Waals surface area contributed by atoms with E-state index in [0.717, 1.165) is 33.3 Å². The fourth-order valence-corrected chi connectivity index (χ4v) is 6.01. The van der Waals surface area contributed by atoms with E-state index in [0.29, 0.717) is 10.1 Å². The standard InChI is InChI=1S/C20H20F2N4O3S3/c1-3-26(4-2)32(28,29)17-11-14(7-10-16(17)22)18(27)23-19-24-25-20(31-19)30-12-13-5-8-15(21)9-6-13/h5-11H,3-4,12H2,1-2H3,(H,23,24,27). The number of carbonyl (C=O) groups is 1. The molecule has 0 unspecified atom stereocenters. The first kappa shape index (κ1) is 24.2. The van der Waals surface area contributed by atoms with E-state index in [1.807, 2.05) is 0 Å². The predicted molar refractivity (Wildman–Crippen MR) is 120 cm³/mol. The van der Waals surface area contributed by atoms with Gasteiger partial charge in [-0.3, -0.25) is 10.1 Å². The van der Waals surface area contributed by atoms with Gasteiger partial charge in [0, 0.05) is 24.4 Å². The van der Waals surface area contributed by atoms with Gasteiger partial charge in [0.05, 0.1) is 0 Å². The maximum Gasteiger partial charge on any atom is 0.257 e. The van der Waals surface area contributed by atoms with Gasteiger partial charge in [0.25, 0.3) is 5.91 Å². The number of hydrogen-bond acceptors (Lipinski definition) is 7. The summed E-state index contributed by atoms with van der Waals surface area (Å²) < 4.78 is 54.3. The molecular formula is C20H20F2N4O3S3. The van der Waals surface area contributed by atoms with Crippen molar-refractivity contribution in [3.05, 3.63) is 65.2 Å². The van der Waals surface area contributed by atoms with Crippen molar-refractivity contribution in [3.8, 4) is 0 Å². The van der Waals surface area contributed by atoms with E-state index in [1.54, 1.807) is 26.0 Å². The zero-order valence-corrected chi connectivity index (χ0v) is 19.7. The van der Waals surface area contributed by atoms with Crippen LogP contribution in [0.4, 0.5) is 13.9 Å². The van der Waals surface area contributed by atoms with Crippen molar-refractivity contribution in [1.29, 1.82) is 0 Å². The topological polar surface area (TPSA) is 92.3 Å². The zero-order valence-electron chi connectivity index (χ0n) is 17.2. The van der Waals surface area contributed by atoms with Crippen LogP contribution in [-0.4, -0.2) is 41.9 Å². The number of nitrogens with zero attached hydrogens (tertiary/aromatic N) is 3. The van der Waals surface area contributed by atoms with Crippen LogP contribution in [0.3, 0.4) is 0 Å². The van der Waals surface area contributed by atoms with Gasteiger partial charge in [0.2, 0.25) is 15.2 Å². The predicted octanol–water partition coefficient (Wildman–Crippen LogP) is 4.39. The lowest BCUT2D eigenvalue weighted by Gasteiger charge is -2.19. The molecular weight excluding hydrogens is 478 g/mol. The van der Waals surface area contributed by atoms with Crippen LogP contribution in [0.2, 0.25) is 0 Å². The molecule has 0 radical (unpaired) electrons. The van der Waals surface area contributed by atoms with Crippen molar-refractivity contribution in [2.24, 2.45) is 0 Å². The smallest absolute Gasteiger partial charge is 0.257 e. The molecule has 1 aromatic heterocycles. The molecule has 170 valence electrons. The highest BCUT2D eigenvalue weighted by atomic mass is 32.2. The molecule has 7 nitrogen and oxygen atoms in total. The number of amides is 1. The van der Waals surface area contributed by atoms with Gasteiger partial charge < -0.3 is 0 Å². The van der Waals surface area contributed by atoms with Gasteiger partial charge in [-0.1, -0.05) is 49.1 Å². The van der Waals surface area contributed by atoms with E-state index >= 15 is 0 Å². The number of benzene rings is 2. The van der Waals surface area contributed by atoms with Gasteiger partial charge in [-0.05, 0) is 35.9 Å². The molecule has 0 aliphatic rings. The summed E-state index contributed by atoms with van der Waals surface area (Å²) >= 11 is 2.51. The lowest BCUT2D eigenvalue weighted by Crippen LogP contribution is -2.31. The number of halogens is 2. The minimum atomic E-state index is -4.07. The zero-order chi connectivity index (χ0) is 23.3. The Morgan fingerprint density at radius 2 is 1.78 bits per heavy atom. The Morgan fingerprint density at radius 3 is 2.44 bits per heavy atom. The second-order valence-corrected chi connectivity index (χ2v) is 10.6. The highest BCUT2D eigenvalue weighted by Gasteiger charge is 2.26. The molecule has 2 aromatic carbocycles. The number of carbonyl (C=O) groups excluding carboxylic acids is 1. The Labute approximate surface area is 192 Å². The molecule has 0 fully saturated rings. The first-order chi connectivity index (χ1) is 15.2. The molecule has 0 aliphatic carbocycles. The number of sulfonamides is 1. The van der Waals surface area contributed by atoms with E-state index in [4.69, 9.17) is 0 Å². The monoisotopic (exact) mass is 498 g/mol. The first-order valence-corrected chi connectivity index (χ1v) is 12.8. The minimum absolute atomic E-state index is 0.0205. The number of aromatic nitrogens is 2. The molecule has 0 atom stereocenters. The van der Waals surface area contributed by atoms with Crippen LogP contribution in [-0.2, 0) is 15.8 Å². The molecule has 0 bridgehead atoms. The fourth-order valence-electron chi connectivity index (χ4n) is 2.76. The number of rotatable bonds is 9. The average molecular weight is 499 g/mol. The third kappa shape index (κ3) is 5.68. The summed E-state index contributed by atoms with van der Waals surface area (Å²) in [5, 5.41) is 10.7. The molecule has 1 heterocycles. The number of thioether (sulfide) groups is 1. The highest BCUT2D eigenvalue weighted by molar-refractivity contribution is 8.00. The second-order valence-electron chi connectivity index (χ2n) is 6.48. The van der Waals surface area contributed by atoms with E-state index in [-0.39, 0.29) is 29.6 Å². The summed E-state index contributed by atoms with van der Waals surface area (Å²) in [6.07, 6.45) is 0. The van der Waals surface area contributed by atoms with Crippen LogP contribution in [0.15, 0.2) is 51.7 Å². The molecule has 0 saturated carbocycles. The Bertz CT molecular complexity index is 1200. The van der Waals surface area contributed by atoms with Crippen LogP contribution in [0.5, 0.6) is 0 Å². The first-order valence-electron chi connectivity index (χ1n) is 9.56. The van der Waals surface area contributed by atoms with E-state index in [1.165, 1.54) is 30.0 Å². The summed E-state index contributed by atoms with van der Waals surface area (Å²) in [7, 11) is -4.07. The van der Waals surface area contributed by atoms with Crippen molar-refractivity contribution < 1.29 is 22.0 Å².